The van der Waals surface area contributed by atoms with E-state index < -0.39 is 0 Å². The molecule has 3 heteroatoms. The summed E-state index contributed by atoms with van der Waals surface area (Å²) in [5.74, 6) is 3.49. The lowest BCUT2D eigenvalue weighted by Gasteiger charge is -2.36. The van der Waals surface area contributed by atoms with Gasteiger partial charge in [0.1, 0.15) is 5.82 Å². The first-order valence-corrected chi connectivity index (χ1v) is 8.66. The molecule has 3 unspecified atom stereocenters. The molecule has 1 fully saturated rings. The molecule has 120 valence electrons. The second-order valence-electron chi connectivity index (χ2n) is 7.89. The maximum Gasteiger partial charge on any atom is 0.112 e. The molecule has 0 bridgehead atoms. The average Bonchev–Trinajstić information content (AvgIpc) is 2.85. The third-order valence-electron chi connectivity index (χ3n) is 4.69. The zero-order valence-corrected chi connectivity index (χ0v) is 14.5. The molecule has 0 radical (unpaired) electrons. The maximum atomic E-state index is 4.72. The van der Waals surface area contributed by atoms with E-state index in [1.54, 1.807) is 0 Å². The topological polar surface area (TPSA) is 29.9 Å². The van der Waals surface area contributed by atoms with Crippen molar-refractivity contribution in [2.45, 2.75) is 78.3 Å². The Kier molecular flexibility index (Phi) is 5.48. The molecule has 0 spiro atoms. The first kappa shape index (κ1) is 16.5. The minimum atomic E-state index is 0.201. The van der Waals surface area contributed by atoms with Crippen molar-refractivity contribution in [3.05, 3.63) is 18.2 Å². The number of aromatic nitrogens is 2. The van der Waals surface area contributed by atoms with E-state index >= 15 is 0 Å². The molecule has 2 rings (SSSR count). The van der Waals surface area contributed by atoms with Gasteiger partial charge in [-0.15, -0.1) is 0 Å². The summed E-state index contributed by atoms with van der Waals surface area (Å²) in [5.41, 5.74) is 0.201. The first-order chi connectivity index (χ1) is 9.90. The van der Waals surface area contributed by atoms with Gasteiger partial charge in [0, 0.05) is 30.4 Å². The van der Waals surface area contributed by atoms with Crippen molar-refractivity contribution in [2.24, 2.45) is 11.8 Å². The zero-order valence-electron chi connectivity index (χ0n) is 14.5. The van der Waals surface area contributed by atoms with Crippen LogP contribution in [0.15, 0.2) is 12.4 Å². The Morgan fingerprint density at radius 1 is 1.33 bits per heavy atom. The lowest BCUT2D eigenvalue weighted by molar-refractivity contribution is 0.217. The van der Waals surface area contributed by atoms with Crippen molar-refractivity contribution in [1.29, 1.82) is 0 Å². The van der Waals surface area contributed by atoms with Gasteiger partial charge in [-0.05, 0) is 58.4 Å². The number of aryl methyl sites for hydroxylation is 1. The summed E-state index contributed by atoms with van der Waals surface area (Å²) in [5, 5.41) is 3.71. The van der Waals surface area contributed by atoms with Gasteiger partial charge >= 0.3 is 0 Å². The molecule has 1 aliphatic carbocycles. The normalized spacial score (nSPS) is 27.0. The Hall–Kier alpha value is -0.830. The Morgan fingerprint density at radius 2 is 2.10 bits per heavy atom. The molecule has 0 aliphatic heterocycles. The largest absolute Gasteiger partial charge is 0.335 e. The van der Waals surface area contributed by atoms with Gasteiger partial charge in [-0.3, -0.25) is 0 Å². The van der Waals surface area contributed by atoms with Gasteiger partial charge in [0.05, 0.1) is 0 Å². The van der Waals surface area contributed by atoms with Crippen LogP contribution in [0, 0.1) is 11.8 Å². The Bertz CT molecular complexity index is 430. The van der Waals surface area contributed by atoms with Crippen LogP contribution in [0.1, 0.15) is 72.0 Å². The third kappa shape index (κ3) is 4.57. The average molecular weight is 291 g/mol. The van der Waals surface area contributed by atoms with Crippen molar-refractivity contribution in [1.82, 2.24) is 14.9 Å². The van der Waals surface area contributed by atoms with Crippen molar-refractivity contribution < 1.29 is 0 Å². The molecular weight excluding hydrogens is 258 g/mol. The van der Waals surface area contributed by atoms with E-state index in [0.29, 0.717) is 5.92 Å². The summed E-state index contributed by atoms with van der Waals surface area (Å²) in [7, 11) is 0. The van der Waals surface area contributed by atoms with Crippen molar-refractivity contribution in [2.75, 3.05) is 6.54 Å². The van der Waals surface area contributed by atoms with E-state index in [1.165, 1.54) is 31.5 Å². The van der Waals surface area contributed by atoms with Crippen LogP contribution in [0.2, 0.25) is 0 Å². The van der Waals surface area contributed by atoms with E-state index in [1.807, 2.05) is 6.20 Å². The summed E-state index contributed by atoms with van der Waals surface area (Å²) in [6.45, 7) is 13.6. The molecule has 1 aromatic rings. The lowest BCUT2D eigenvalue weighted by Crippen LogP contribution is -2.42. The number of hydrogen-bond donors (Lipinski definition) is 1. The smallest absolute Gasteiger partial charge is 0.112 e. The van der Waals surface area contributed by atoms with Crippen LogP contribution in [0.25, 0.3) is 0 Å². The second-order valence-corrected chi connectivity index (χ2v) is 7.89. The first-order valence-electron chi connectivity index (χ1n) is 8.66. The van der Waals surface area contributed by atoms with E-state index in [4.69, 9.17) is 4.98 Å². The molecule has 1 heterocycles. The summed E-state index contributed by atoms with van der Waals surface area (Å²) in [6.07, 6.45) is 9.30. The fraction of sp³-hybridized carbons (Fsp3) is 0.833. The standard InChI is InChI=1S/C18H33N3/c1-6-10-21-11-9-19-17(21)16-12-14(2)7-8-15(16)13-20-18(3,4)5/h9,11,14-16,20H,6-8,10,12-13H2,1-5H3. The molecule has 3 nitrogen and oxygen atoms in total. The van der Waals surface area contributed by atoms with Crippen LogP contribution >= 0.6 is 0 Å². The van der Waals surface area contributed by atoms with Crippen LogP contribution in [-0.2, 0) is 6.54 Å². The maximum absolute atomic E-state index is 4.72. The highest BCUT2D eigenvalue weighted by molar-refractivity contribution is 5.05. The van der Waals surface area contributed by atoms with Crippen molar-refractivity contribution in [3.8, 4) is 0 Å². The van der Waals surface area contributed by atoms with Gasteiger partial charge in [0.15, 0.2) is 0 Å². The molecule has 0 aromatic carbocycles. The second kappa shape index (κ2) is 6.95. The molecule has 0 saturated heterocycles. The molecule has 0 amide bonds. The Balaban J connectivity index is 2.12. The van der Waals surface area contributed by atoms with Gasteiger partial charge in [-0.1, -0.05) is 20.3 Å². The fourth-order valence-corrected chi connectivity index (χ4v) is 3.52. The molecule has 1 saturated carbocycles. The minimum Gasteiger partial charge on any atom is -0.335 e. The van der Waals surface area contributed by atoms with Crippen molar-refractivity contribution >= 4 is 0 Å². The van der Waals surface area contributed by atoms with E-state index in [9.17, 15) is 0 Å². The molecular formula is C18H33N3. The summed E-state index contributed by atoms with van der Waals surface area (Å²) >= 11 is 0. The summed E-state index contributed by atoms with van der Waals surface area (Å²) in [4.78, 5) is 4.72. The molecule has 1 aromatic heterocycles. The molecule has 3 atom stereocenters. The van der Waals surface area contributed by atoms with Crippen LogP contribution in [-0.4, -0.2) is 21.6 Å². The van der Waals surface area contributed by atoms with Gasteiger partial charge in [-0.25, -0.2) is 4.98 Å². The van der Waals surface area contributed by atoms with Gasteiger partial charge in [0.25, 0.3) is 0 Å². The van der Waals surface area contributed by atoms with Crippen LogP contribution < -0.4 is 5.32 Å². The lowest BCUT2D eigenvalue weighted by atomic mass is 9.74. The summed E-state index contributed by atoms with van der Waals surface area (Å²) in [6, 6.07) is 0. The zero-order chi connectivity index (χ0) is 15.5. The van der Waals surface area contributed by atoms with E-state index in [2.05, 4.69) is 50.7 Å². The van der Waals surface area contributed by atoms with E-state index in [0.717, 1.165) is 24.9 Å². The number of rotatable bonds is 5. The molecule has 21 heavy (non-hydrogen) atoms. The monoisotopic (exact) mass is 291 g/mol. The van der Waals surface area contributed by atoms with E-state index in [-0.39, 0.29) is 5.54 Å². The highest BCUT2D eigenvalue weighted by Gasteiger charge is 2.32. The Morgan fingerprint density at radius 3 is 2.76 bits per heavy atom. The van der Waals surface area contributed by atoms with Crippen molar-refractivity contribution in [3.63, 3.8) is 0 Å². The summed E-state index contributed by atoms with van der Waals surface area (Å²) < 4.78 is 2.38. The fourth-order valence-electron chi connectivity index (χ4n) is 3.52. The number of nitrogens with zero attached hydrogens (tertiary/aromatic N) is 2. The molecule has 1 aliphatic rings. The molecule has 1 N–H and O–H groups in total. The number of nitrogens with one attached hydrogen (secondary N) is 1. The number of hydrogen-bond acceptors (Lipinski definition) is 2. The van der Waals surface area contributed by atoms with Crippen LogP contribution in [0.3, 0.4) is 0 Å². The predicted molar refractivity (Wildman–Crippen MR) is 89.5 cm³/mol. The SMILES string of the molecule is CCCn1ccnc1C1CC(C)CCC1CNC(C)(C)C. The highest BCUT2D eigenvalue weighted by atomic mass is 15.1. The van der Waals surface area contributed by atoms with Crippen LogP contribution in [0.4, 0.5) is 0 Å². The predicted octanol–water partition coefficient (Wildman–Crippen LogP) is 4.20. The highest BCUT2D eigenvalue weighted by Crippen LogP contribution is 2.39. The Labute approximate surface area is 130 Å². The van der Waals surface area contributed by atoms with Gasteiger partial charge < -0.3 is 9.88 Å². The van der Waals surface area contributed by atoms with Crippen LogP contribution in [0.5, 0.6) is 0 Å². The van der Waals surface area contributed by atoms with Gasteiger partial charge in [0.2, 0.25) is 0 Å². The number of imidazole rings is 1. The van der Waals surface area contributed by atoms with Gasteiger partial charge in [-0.2, -0.15) is 0 Å². The quantitative estimate of drug-likeness (QED) is 0.881. The third-order valence-corrected chi connectivity index (χ3v) is 4.69. The minimum absolute atomic E-state index is 0.201.